The molecule has 112 valence electrons. The van der Waals surface area contributed by atoms with Crippen molar-refractivity contribution in [1.82, 2.24) is 9.29 Å². The van der Waals surface area contributed by atoms with Gasteiger partial charge in [-0.2, -0.15) is 0 Å². The predicted molar refractivity (Wildman–Crippen MR) is 79.1 cm³/mol. The van der Waals surface area contributed by atoms with Crippen LogP contribution in [-0.2, 0) is 10.0 Å². The monoisotopic (exact) mass is 298 g/mol. The van der Waals surface area contributed by atoms with E-state index in [1.165, 1.54) is 31.0 Å². The van der Waals surface area contributed by atoms with Gasteiger partial charge in [-0.25, -0.2) is 17.7 Å². The Morgan fingerprint density at radius 1 is 1.40 bits per heavy atom. The van der Waals surface area contributed by atoms with Crippen molar-refractivity contribution >= 4 is 15.8 Å². The maximum Gasteiger partial charge on any atom is 0.244 e. The van der Waals surface area contributed by atoms with E-state index in [4.69, 9.17) is 5.73 Å². The number of rotatable bonds is 4. The number of anilines is 1. The summed E-state index contributed by atoms with van der Waals surface area (Å²) in [6, 6.07) is 3.68. The second-order valence-corrected chi connectivity index (χ2v) is 7.37. The average Bonchev–Trinajstić information content (AvgIpc) is 2.47. The van der Waals surface area contributed by atoms with E-state index in [-0.39, 0.29) is 4.90 Å². The Morgan fingerprint density at radius 2 is 2.15 bits per heavy atom. The van der Waals surface area contributed by atoms with Crippen molar-refractivity contribution < 1.29 is 8.42 Å². The molecule has 7 heteroatoms. The number of nitrogens with two attached hydrogens (primary N) is 1. The lowest BCUT2D eigenvalue weighted by Gasteiger charge is -2.36. The van der Waals surface area contributed by atoms with Gasteiger partial charge in [-0.15, -0.1) is 0 Å². The zero-order valence-electron chi connectivity index (χ0n) is 12.0. The molecule has 0 spiro atoms. The van der Waals surface area contributed by atoms with Gasteiger partial charge in [0.25, 0.3) is 0 Å². The van der Waals surface area contributed by atoms with Crippen molar-refractivity contribution in [3.8, 4) is 0 Å². The molecule has 2 rings (SSSR count). The molecular formula is C13H22N4O2S. The molecule has 0 aromatic carbocycles. The molecule has 1 unspecified atom stereocenters. The molecule has 2 N–H and O–H groups in total. The quantitative estimate of drug-likeness (QED) is 0.883. The Kier molecular flexibility index (Phi) is 4.62. The minimum Gasteiger partial charge on any atom is -0.352 e. The molecule has 1 aromatic heterocycles. The standard InChI is InChI=1S/C13H22N4O2S/c1-16(2)20(18,19)12-6-7-13(15-10-12)17-8-4-3-5-11(17)9-14/h6-7,10-11H,3-5,8-9,14H2,1-2H3. The molecule has 0 radical (unpaired) electrons. The van der Waals surface area contributed by atoms with Crippen LogP contribution >= 0.6 is 0 Å². The van der Waals surface area contributed by atoms with Crippen LogP contribution < -0.4 is 10.6 Å². The number of hydrogen-bond donors (Lipinski definition) is 1. The fourth-order valence-electron chi connectivity index (χ4n) is 2.45. The van der Waals surface area contributed by atoms with Crippen LogP contribution in [0.15, 0.2) is 23.2 Å². The summed E-state index contributed by atoms with van der Waals surface area (Å²) in [7, 11) is -0.391. The fourth-order valence-corrected chi connectivity index (χ4v) is 3.30. The molecule has 20 heavy (non-hydrogen) atoms. The lowest BCUT2D eigenvalue weighted by atomic mass is 10.0. The van der Waals surface area contributed by atoms with E-state index in [0.29, 0.717) is 12.6 Å². The van der Waals surface area contributed by atoms with Crippen molar-refractivity contribution in [3.63, 3.8) is 0 Å². The van der Waals surface area contributed by atoms with Crippen molar-refractivity contribution in [3.05, 3.63) is 18.3 Å². The van der Waals surface area contributed by atoms with Gasteiger partial charge in [0.1, 0.15) is 10.7 Å². The van der Waals surface area contributed by atoms with E-state index >= 15 is 0 Å². The van der Waals surface area contributed by atoms with Crippen LogP contribution in [0.2, 0.25) is 0 Å². The molecule has 1 aliphatic heterocycles. The smallest absolute Gasteiger partial charge is 0.244 e. The van der Waals surface area contributed by atoms with Gasteiger partial charge in [0.2, 0.25) is 10.0 Å². The van der Waals surface area contributed by atoms with Crippen LogP contribution in [0, 0.1) is 0 Å². The minimum absolute atomic E-state index is 0.215. The first kappa shape index (κ1) is 15.2. The lowest BCUT2D eigenvalue weighted by molar-refractivity contribution is 0.462. The third kappa shape index (κ3) is 2.94. The first-order chi connectivity index (χ1) is 9.46. The van der Waals surface area contributed by atoms with Crippen molar-refractivity contribution in [2.45, 2.75) is 30.2 Å². The Hall–Kier alpha value is -1.18. The molecule has 1 saturated heterocycles. The Balaban J connectivity index is 2.24. The van der Waals surface area contributed by atoms with E-state index in [0.717, 1.165) is 25.2 Å². The van der Waals surface area contributed by atoms with Crippen LogP contribution in [-0.4, -0.2) is 50.9 Å². The molecule has 1 atom stereocenters. The fraction of sp³-hybridized carbons (Fsp3) is 0.615. The molecule has 0 aliphatic carbocycles. The Morgan fingerprint density at radius 3 is 2.70 bits per heavy atom. The summed E-state index contributed by atoms with van der Waals surface area (Å²) in [6.45, 7) is 1.52. The van der Waals surface area contributed by atoms with Crippen molar-refractivity contribution in [2.75, 3.05) is 32.1 Å². The molecule has 1 fully saturated rings. The summed E-state index contributed by atoms with van der Waals surface area (Å²) >= 11 is 0. The molecule has 0 bridgehead atoms. The van der Waals surface area contributed by atoms with E-state index in [2.05, 4.69) is 9.88 Å². The highest BCUT2D eigenvalue weighted by Crippen LogP contribution is 2.23. The van der Waals surface area contributed by atoms with Gasteiger partial charge < -0.3 is 10.6 Å². The third-order valence-corrected chi connectivity index (χ3v) is 5.49. The van der Waals surface area contributed by atoms with Gasteiger partial charge in [0.15, 0.2) is 0 Å². The summed E-state index contributed by atoms with van der Waals surface area (Å²) in [4.78, 5) is 6.71. The molecular weight excluding hydrogens is 276 g/mol. The maximum absolute atomic E-state index is 12.0. The topological polar surface area (TPSA) is 79.5 Å². The van der Waals surface area contributed by atoms with E-state index in [1.54, 1.807) is 12.1 Å². The summed E-state index contributed by atoms with van der Waals surface area (Å²) in [5, 5.41) is 0. The van der Waals surface area contributed by atoms with Gasteiger partial charge in [0, 0.05) is 39.4 Å². The van der Waals surface area contributed by atoms with Gasteiger partial charge in [-0.3, -0.25) is 0 Å². The molecule has 0 amide bonds. The van der Waals surface area contributed by atoms with E-state index < -0.39 is 10.0 Å². The van der Waals surface area contributed by atoms with Crippen LogP contribution in [0.5, 0.6) is 0 Å². The lowest BCUT2D eigenvalue weighted by Crippen LogP contribution is -2.44. The van der Waals surface area contributed by atoms with E-state index in [9.17, 15) is 8.42 Å². The van der Waals surface area contributed by atoms with Gasteiger partial charge in [-0.05, 0) is 31.4 Å². The predicted octanol–water partition coefficient (Wildman–Crippen LogP) is 0.650. The first-order valence-corrected chi connectivity index (χ1v) is 8.26. The SMILES string of the molecule is CN(C)S(=O)(=O)c1ccc(N2CCCCC2CN)nc1. The average molecular weight is 298 g/mol. The third-order valence-electron chi connectivity index (χ3n) is 3.69. The highest BCUT2D eigenvalue weighted by molar-refractivity contribution is 7.89. The number of pyridine rings is 1. The number of piperidine rings is 1. The van der Waals surface area contributed by atoms with Crippen molar-refractivity contribution in [1.29, 1.82) is 0 Å². The number of hydrogen-bond acceptors (Lipinski definition) is 5. The molecule has 6 nitrogen and oxygen atoms in total. The maximum atomic E-state index is 12.0. The zero-order chi connectivity index (χ0) is 14.8. The highest BCUT2D eigenvalue weighted by Gasteiger charge is 2.23. The highest BCUT2D eigenvalue weighted by atomic mass is 32.2. The number of aromatic nitrogens is 1. The van der Waals surface area contributed by atoms with Crippen LogP contribution in [0.4, 0.5) is 5.82 Å². The first-order valence-electron chi connectivity index (χ1n) is 6.82. The molecule has 1 aromatic rings. The Bertz CT molecular complexity index is 542. The zero-order valence-corrected chi connectivity index (χ0v) is 12.8. The van der Waals surface area contributed by atoms with Gasteiger partial charge >= 0.3 is 0 Å². The minimum atomic E-state index is -3.42. The summed E-state index contributed by atoms with van der Waals surface area (Å²) in [6.07, 6.45) is 4.80. The largest absolute Gasteiger partial charge is 0.352 e. The molecule has 1 aliphatic rings. The van der Waals surface area contributed by atoms with Gasteiger partial charge in [0.05, 0.1) is 0 Å². The Labute approximate surface area is 120 Å². The van der Waals surface area contributed by atoms with Crippen LogP contribution in [0.25, 0.3) is 0 Å². The van der Waals surface area contributed by atoms with Crippen LogP contribution in [0.1, 0.15) is 19.3 Å². The van der Waals surface area contributed by atoms with Gasteiger partial charge in [-0.1, -0.05) is 0 Å². The number of sulfonamides is 1. The second kappa shape index (κ2) is 6.07. The molecule has 0 saturated carbocycles. The summed E-state index contributed by atoms with van der Waals surface area (Å²) in [5.41, 5.74) is 5.80. The normalized spacial score (nSPS) is 20.4. The summed E-state index contributed by atoms with van der Waals surface area (Å²) in [5.74, 6) is 0.804. The molecule has 2 heterocycles. The summed E-state index contributed by atoms with van der Waals surface area (Å²) < 4.78 is 25.2. The van der Waals surface area contributed by atoms with E-state index in [1.807, 2.05) is 0 Å². The number of nitrogens with zero attached hydrogens (tertiary/aromatic N) is 3. The second-order valence-electron chi connectivity index (χ2n) is 5.22. The van der Waals surface area contributed by atoms with Crippen LogP contribution in [0.3, 0.4) is 0 Å². The van der Waals surface area contributed by atoms with Crippen molar-refractivity contribution in [2.24, 2.45) is 5.73 Å².